The number of hydrogen-bond donors (Lipinski definition) is 3. The van der Waals surface area contributed by atoms with Crippen LogP contribution < -0.4 is 4.74 Å². The van der Waals surface area contributed by atoms with Gasteiger partial charge in [0.1, 0.15) is 11.5 Å². The van der Waals surface area contributed by atoms with Crippen molar-refractivity contribution in [3.63, 3.8) is 0 Å². The fourth-order valence-electron chi connectivity index (χ4n) is 5.12. The van der Waals surface area contributed by atoms with Crippen LogP contribution in [0.25, 0.3) is 0 Å². The summed E-state index contributed by atoms with van der Waals surface area (Å²) < 4.78 is 17.2. The molecule has 5 rings (SSSR count). The summed E-state index contributed by atoms with van der Waals surface area (Å²) in [4.78, 5) is 26.7. The highest BCUT2D eigenvalue weighted by atomic mass is 16.7. The number of benzene rings is 2. The van der Waals surface area contributed by atoms with Crippen LogP contribution >= 0.6 is 0 Å². The summed E-state index contributed by atoms with van der Waals surface area (Å²) in [6.07, 6.45) is -1.68. The molecule has 3 aliphatic rings. The molecule has 2 aromatic rings. The molecule has 5 atom stereocenters. The monoisotopic (exact) mass is 454 g/mol. The van der Waals surface area contributed by atoms with Gasteiger partial charge in [0.25, 0.3) is 0 Å². The van der Waals surface area contributed by atoms with E-state index in [1.165, 1.54) is 7.11 Å². The molecule has 5 unspecified atom stereocenters. The second-order valence-corrected chi connectivity index (χ2v) is 8.90. The molecule has 0 radical (unpaired) electrons. The smallest absolute Gasteiger partial charge is 0.201 e. The summed E-state index contributed by atoms with van der Waals surface area (Å²) in [5.74, 6) is -0.918. The number of phenolic OH excluding ortho intramolecular Hbond substituents is 1. The SMILES string of the molecule is COc1cccc2c1C(=O)c1c(cc3c(c1O)C(OC1CCC(O)C(C)O1)CC(O)C3)C2=O. The first kappa shape index (κ1) is 22.0. The second kappa shape index (κ2) is 8.22. The van der Waals surface area contributed by atoms with Crippen LogP contribution in [-0.4, -0.2) is 58.6 Å². The number of carbonyl (C=O) groups is 2. The van der Waals surface area contributed by atoms with Gasteiger partial charge in [-0.15, -0.1) is 0 Å². The summed E-state index contributed by atoms with van der Waals surface area (Å²) in [6, 6.07) is 6.39. The zero-order chi connectivity index (χ0) is 23.4. The van der Waals surface area contributed by atoms with Gasteiger partial charge in [0.2, 0.25) is 5.78 Å². The second-order valence-electron chi connectivity index (χ2n) is 8.90. The molecule has 0 saturated carbocycles. The number of ether oxygens (including phenoxy) is 3. The quantitative estimate of drug-likeness (QED) is 0.552. The Morgan fingerprint density at radius 2 is 1.85 bits per heavy atom. The van der Waals surface area contributed by atoms with Crippen molar-refractivity contribution in [1.29, 1.82) is 0 Å². The molecule has 2 aromatic carbocycles. The lowest BCUT2D eigenvalue weighted by Gasteiger charge is -2.37. The number of methoxy groups -OCH3 is 1. The van der Waals surface area contributed by atoms with Gasteiger partial charge in [0, 0.05) is 29.5 Å². The predicted octanol–water partition coefficient (Wildman–Crippen LogP) is 2.43. The summed E-state index contributed by atoms with van der Waals surface area (Å²) in [7, 11) is 1.42. The van der Waals surface area contributed by atoms with Gasteiger partial charge in [-0.3, -0.25) is 9.59 Å². The maximum atomic E-state index is 13.4. The van der Waals surface area contributed by atoms with Gasteiger partial charge in [-0.05, 0) is 37.5 Å². The van der Waals surface area contributed by atoms with Gasteiger partial charge in [-0.1, -0.05) is 12.1 Å². The number of fused-ring (bicyclic) bond motifs is 3. The number of carbonyl (C=O) groups excluding carboxylic acids is 2. The Balaban J connectivity index is 1.58. The van der Waals surface area contributed by atoms with Gasteiger partial charge in [0.15, 0.2) is 12.1 Å². The molecule has 174 valence electrons. The lowest BCUT2D eigenvalue weighted by Crippen LogP contribution is -2.39. The minimum atomic E-state index is -0.742. The Kier molecular flexibility index (Phi) is 5.49. The van der Waals surface area contributed by atoms with E-state index in [1.54, 1.807) is 31.2 Å². The average molecular weight is 454 g/mol. The van der Waals surface area contributed by atoms with E-state index < -0.39 is 36.5 Å². The average Bonchev–Trinajstić information content (AvgIpc) is 2.78. The highest BCUT2D eigenvalue weighted by molar-refractivity contribution is 6.30. The van der Waals surface area contributed by atoms with Crippen LogP contribution in [0.1, 0.15) is 75.3 Å². The van der Waals surface area contributed by atoms with Crippen LogP contribution in [0.3, 0.4) is 0 Å². The van der Waals surface area contributed by atoms with Crippen molar-refractivity contribution >= 4 is 11.6 Å². The molecule has 1 fully saturated rings. The lowest BCUT2D eigenvalue weighted by molar-refractivity contribution is -0.240. The Hall–Kier alpha value is -2.78. The largest absolute Gasteiger partial charge is 0.507 e. The summed E-state index contributed by atoms with van der Waals surface area (Å²) in [5, 5.41) is 31.7. The standard InChI is InChI=1S/C25H26O8/c1-11-16(27)6-7-19(32-11)33-18-10-13(26)8-12-9-15-22(24(29)20(12)18)25(30)21-14(23(15)28)4-3-5-17(21)31-2/h3-5,9,11,13,16,18-19,26-27,29H,6-8,10H2,1-2H3. The highest BCUT2D eigenvalue weighted by Gasteiger charge is 2.40. The zero-order valence-electron chi connectivity index (χ0n) is 18.4. The molecular formula is C25H26O8. The lowest BCUT2D eigenvalue weighted by atomic mass is 9.77. The molecule has 8 heteroatoms. The van der Waals surface area contributed by atoms with Crippen LogP contribution in [0, 0.1) is 0 Å². The van der Waals surface area contributed by atoms with E-state index in [0.29, 0.717) is 24.0 Å². The molecule has 1 saturated heterocycles. The number of aromatic hydroxyl groups is 1. The van der Waals surface area contributed by atoms with Crippen molar-refractivity contribution in [3.8, 4) is 11.5 Å². The van der Waals surface area contributed by atoms with Gasteiger partial charge < -0.3 is 29.5 Å². The summed E-state index contributed by atoms with van der Waals surface area (Å²) in [5.41, 5.74) is 1.33. The number of rotatable bonds is 3. The van der Waals surface area contributed by atoms with Crippen molar-refractivity contribution in [3.05, 3.63) is 57.6 Å². The fourth-order valence-corrected chi connectivity index (χ4v) is 5.12. The molecule has 1 heterocycles. The number of phenols is 1. The first-order valence-electron chi connectivity index (χ1n) is 11.1. The molecule has 1 aliphatic heterocycles. The third-order valence-electron chi connectivity index (χ3n) is 6.80. The first-order valence-corrected chi connectivity index (χ1v) is 11.1. The molecule has 2 aliphatic carbocycles. The molecule has 0 spiro atoms. The number of ketones is 2. The third-order valence-corrected chi connectivity index (χ3v) is 6.80. The number of hydrogen-bond acceptors (Lipinski definition) is 8. The molecular weight excluding hydrogens is 428 g/mol. The van der Waals surface area contributed by atoms with E-state index >= 15 is 0 Å². The first-order chi connectivity index (χ1) is 15.8. The Bertz CT molecular complexity index is 1140. The molecule has 8 nitrogen and oxygen atoms in total. The predicted molar refractivity (Wildman–Crippen MR) is 116 cm³/mol. The van der Waals surface area contributed by atoms with Crippen molar-refractivity contribution in [2.24, 2.45) is 0 Å². The minimum absolute atomic E-state index is 0.0749. The maximum Gasteiger partial charge on any atom is 0.201 e. The Labute approximate surface area is 190 Å². The molecule has 0 amide bonds. The van der Waals surface area contributed by atoms with Crippen molar-refractivity contribution in [2.45, 2.75) is 63.3 Å². The van der Waals surface area contributed by atoms with Crippen LogP contribution in [0.4, 0.5) is 0 Å². The number of aliphatic hydroxyl groups excluding tert-OH is 2. The van der Waals surface area contributed by atoms with E-state index in [1.807, 2.05) is 0 Å². The van der Waals surface area contributed by atoms with Crippen LogP contribution in [0.15, 0.2) is 24.3 Å². The van der Waals surface area contributed by atoms with E-state index in [0.717, 1.165) is 0 Å². The van der Waals surface area contributed by atoms with Gasteiger partial charge >= 0.3 is 0 Å². The topological polar surface area (TPSA) is 123 Å². The van der Waals surface area contributed by atoms with Crippen LogP contribution in [0.2, 0.25) is 0 Å². The van der Waals surface area contributed by atoms with Crippen LogP contribution in [0.5, 0.6) is 11.5 Å². The normalized spacial score (nSPS) is 28.7. The van der Waals surface area contributed by atoms with E-state index in [9.17, 15) is 24.9 Å². The van der Waals surface area contributed by atoms with E-state index in [-0.39, 0.29) is 52.4 Å². The Morgan fingerprint density at radius 1 is 1.06 bits per heavy atom. The van der Waals surface area contributed by atoms with Crippen molar-refractivity contribution < 1.29 is 39.1 Å². The van der Waals surface area contributed by atoms with Crippen LogP contribution in [-0.2, 0) is 15.9 Å². The minimum Gasteiger partial charge on any atom is -0.507 e. The van der Waals surface area contributed by atoms with Crippen molar-refractivity contribution in [2.75, 3.05) is 7.11 Å². The van der Waals surface area contributed by atoms with Gasteiger partial charge in [0.05, 0.1) is 42.7 Å². The van der Waals surface area contributed by atoms with E-state index in [4.69, 9.17) is 14.2 Å². The summed E-state index contributed by atoms with van der Waals surface area (Å²) >= 11 is 0. The van der Waals surface area contributed by atoms with Gasteiger partial charge in [-0.2, -0.15) is 0 Å². The highest BCUT2D eigenvalue weighted by Crippen LogP contribution is 2.46. The van der Waals surface area contributed by atoms with E-state index in [2.05, 4.69) is 0 Å². The van der Waals surface area contributed by atoms with Crippen molar-refractivity contribution in [1.82, 2.24) is 0 Å². The van der Waals surface area contributed by atoms with Gasteiger partial charge in [-0.25, -0.2) is 0 Å². The molecule has 33 heavy (non-hydrogen) atoms. The molecule has 0 aromatic heterocycles. The zero-order valence-corrected chi connectivity index (χ0v) is 18.4. The summed E-state index contributed by atoms with van der Waals surface area (Å²) in [6.45, 7) is 1.76. The third kappa shape index (κ3) is 3.54. The molecule has 3 N–H and O–H groups in total. The fraction of sp³-hybridized carbons (Fsp3) is 0.440. The molecule has 0 bridgehead atoms. The Morgan fingerprint density at radius 3 is 2.58 bits per heavy atom. The maximum absolute atomic E-state index is 13.4. The number of aliphatic hydroxyl groups is 2.